The molecule has 0 spiro atoms. The Labute approximate surface area is 70.1 Å². The van der Waals surface area contributed by atoms with Gasteiger partial charge in [0.1, 0.15) is 6.04 Å². The first-order valence-electron chi connectivity index (χ1n) is 3.05. The lowest BCUT2D eigenvalue weighted by atomic mass is 10.3. The van der Waals surface area contributed by atoms with E-state index in [4.69, 9.17) is 10.8 Å². The van der Waals surface area contributed by atoms with Crippen molar-refractivity contribution in [2.45, 2.75) is 6.04 Å². The fourth-order valence-corrected chi connectivity index (χ4v) is 0.902. The van der Waals surface area contributed by atoms with Gasteiger partial charge in [0.2, 0.25) is 0 Å². The molecule has 0 aliphatic heterocycles. The van der Waals surface area contributed by atoms with Gasteiger partial charge in [-0.3, -0.25) is 4.79 Å². The summed E-state index contributed by atoms with van der Waals surface area (Å²) >= 11 is 0. The van der Waals surface area contributed by atoms with E-state index in [-0.39, 0.29) is 6.54 Å². The molecule has 0 saturated carbocycles. The summed E-state index contributed by atoms with van der Waals surface area (Å²) in [5.41, 5.74) is 5.02. The molecule has 0 rings (SSSR count). The number of rotatable bonds is 5. The van der Waals surface area contributed by atoms with Crippen LogP contribution < -0.4 is 15.2 Å². The average molecular weight is 197 g/mol. The Hall–Kier alpha value is -0.700. The van der Waals surface area contributed by atoms with Gasteiger partial charge in [-0.05, 0) is 0 Å². The highest BCUT2D eigenvalue weighted by Crippen LogP contribution is 1.78. The molecule has 0 heterocycles. The van der Waals surface area contributed by atoms with E-state index in [0.29, 0.717) is 0 Å². The van der Waals surface area contributed by atoms with Crippen LogP contribution in [0, 0.1) is 0 Å². The van der Waals surface area contributed by atoms with Crippen LogP contribution in [0.4, 0.5) is 0 Å². The molecular formula is C4H11N3O4S. The number of carboxylic acids is 1. The number of nitrogens with two attached hydrogens (primary N) is 1. The zero-order valence-corrected chi connectivity index (χ0v) is 7.26. The second-order valence-electron chi connectivity index (χ2n) is 2.00. The van der Waals surface area contributed by atoms with Crippen LogP contribution in [0.25, 0.3) is 0 Å². The molecule has 0 aromatic carbocycles. The minimum absolute atomic E-state index is 0.335. The van der Waals surface area contributed by atoms with E-state index in [1.807, 2.05) is 9.44 Å². The number of hydrogen-bond acceptors (Lipinski definition) is 4. The Morgan fingerprint density at radius 1 is 1.67 bits per heavy atom. The smallest absolute Gasteiger partial charge is 0.321 e. The van der Waals surface area contributed by atoms with E-state index < -0.39 is 22.2 Å². The van der Waals surface area contributed by atoms with Crippen molar-refractivity contribution >= 4 is 16.2 Å². The van der Waals surface area contributed by atoms with Crippen LogP contribution in [0.3, 0.4) is 0 Å². The number of aliphatic carboxylic acids is 1. The molecule has 0 bridgehead atoms. The molecule has 0 aliphatic carbocycles. The first kappa shape index (κ1) is 11.3. The first-order valence-corrected chi connectivity index (χ1v) is 4.54. The summed E-state index contributed by atoms with van der Waals surface area (Å²) in [6.45, 7) is -0.335. The summed E-state index contributed by atoms with van der Waals surface area (Å²) in [6, 6.07) is -1.23. The highest BCUT2D eigenvalue weighted by atomic mass is 32.2. The van der Waals surface area contributed by atoms with Gasteiger partial charge in [-0.1, -0.05) is 0 Å². The van der Waals surface area contributed by atoms with Gasteiger partial charge in [0, 0.05) is 13.6 Å². The van der Waals surface area contributed by atoms with Crippen molar-refractivity contribution in [1.82, 2.24) is 9.44 Å². The van der Waals surface area contributed by atoms with Gasteiger partial charge in [-0.2, -0.15) is 8.42 Å². The van der Waals surface area contributed by atoms with E-state index >= 15 is 0 Å². The number of hydrogen-bond donors (Lipinski definition) is 4. The van der Waals surface area contributed by atoms with E-state index in [1.165, 1.54) is 7.05 Å². The largest absolute Gasteiger partial charge is 0.480 e. The molecule has 1 atom stereocenters. The second kappa shape index (κ2) is 4.36. The van der Waals surface area contributed by atoms with Crippen molar-refractivity contribution < 1.29 is 18.3 Å². The van der Waals surface area contributed by atoms with Gasteiger partial charge < -0.3 is 10.8 Å². The lowest BCUT2D eigenvalue weighted by Gasteiger charge is -2.07. The zero-order valence-electron chi connectivity index (χ0n) is 6.44. The normalized spacial score (nSPS) is 14.2. The van der Waals surface area contributed by atoms with Crippen molar-refractivity contribution in [2.24, 2.45) is 5.73 Å². The highest BCUT2D eigenvalue weighted by molar-refractivity contribution is 7.87. The Kier molecular flexibility index (Phi) is 4.10. The Bertz CT molecular complexity index is 249. The third-order valence-electron chi connectivity index (χ3n) is 1.08. The molecule has 0 aromatic rings. The molecule has 8 heteroatoms. The van der Waals surface area contributed by atoms with E-state index in [9.17, 15) is 13.2 Å². The summed E-state index contributed by atoms with van der Waals surface area (Å²) in [5.74, 6) is -1.26. The minimum atomic E-state index is -3.59. The summed E-state index contributed by atoms with van der Waals surface area (Å²) < 4.78 is 25.2. The molecule has 0 fully saturated rings. The molecule has 0 amide bonds. The third-order valence-corrected chi connectivity index (χ3v) is 2.16. The molecule has 0 radical (unpaired) electrons. The zero-order chi connectivity index (χ0) is 9.78. The topological polar surface area (TPSA) is 122 Å². The Balaban J connectivity index is 3.92. The maximum atomic E-state index is 10.7. The lowest BCUT2D eigenvalue weighted by Crippen LogP contribution is -2.45. The molecule has 72 valence electrons. The van der Waals surface area contributed by atoms with Crippen molar-refractivity contribution in [3.05, 3.63) is 0 Å². The van der Waals surface area contributed by atoms with Crippen LogP contribution in [0.5, 0.6) is 0 Å². The fourth-order valence-electron chi connectivity index (χ4n) is 0.359. The number of nitrogens with one attached hydrogen (secondary N) is 2. The van der Waals surface area contributed by atoms with Gasteiger partial charge in [0.05, 0.1) is 0 Å². The second-order valence-corrected chi connectivity index (χ2v) is 3.70. The fraction of sp³-hybridized carbons (Fsp3) is 0.750. The molecule has 12 heavy (non-hydrogen) atoms. The van der Waals surface area contributed by atoms with Gasteiger partial charge in [-0.15, -0.1) is 0 Å². The van der Waals surface area contributed by atoms with Crippen LogP contribution in [-0.2, 0) is 15.0 Å². The van der Waals surface area contributed by atoms with Crippen LogP contribution >= 0.6 is 0 Å². The van der Waals surface area contributed by atoms with Crippen LogP contribution in [-0.4, -0.2) is 39.1 Å². The Morgan fingerprint density at radius 2 is 2.17 bits per heavy atom. The minimum Gasteiger partial charge on any atom is -0.480 e. The molecular weight excluding hydrogens is 186 g/mol. The SMILES string of the molecule is CNS(=O)(=O)NCC(N)C(=O)O. The van der Waals surface area contributed by atoms with Crippen molar-refractivity contribution in [2.75, 3.05) is 13.6 Å². The quantitative estimate of drug-likeness (QED) is 0.386. The third kappa shape index (κ3) is 4.23. The summed E-state index contributed by atoms with van der Waals surface area (Å²) in [6.07, 6.45) is 0. The molecule has 5 N–H and O–H groups in total. The Morgan fingerprint density at radius 3 is 2.50 bits per heavy atom. The monoisotopic (exact) mass is 197 g/mol. The van der Waals surface area contributed by atoms with E-state index in [0.717, 1.165) is 0 Å². The van der Waals surface area contributed by atoms with E-state index in [1.54, 1.807) is 0 Å². The van der Waals surface area contributed by atoms with Crippen LogP contribution in [0.1, 0.15) is 0 Å². The predicted molar refractivity (Wildman–Crippen MR) is 41.6 cm³/mol. The van der Waals surface area contributed by atoms with Crippen molar-refractivity contribution in [1.29, 1.82) is 0 Å². The van der Waals surface area contributed by atoms with Gasteiger partial charge in [0.15, 0.2) is 0 Å². The summed E-state index contributed by atoms with van der Waals surface area (Å²) in [4.78, 5) is 10.1. The molecule has 0 aliphatic rings. The molecule has 0 saturated heterocycles. The number of carboxylic acid groups (broad SMARTS) is 1. The van der Waals surface area contributed by atoms with Gasteiger partial charge in [-0.25, -0.2) is 9.44 Å². The highest BCUT2D eigenvalue weighted by Gasteiger charge is 2.14. The summed E-state index contributed by atoms with van der Waals surface area (Å²) in [7, 11) is -2.39. The van der Waals surface area contributed by atoms with Crippen LogP contribution in [0.15, 0.2) is 0 Å². The molecule has 7 nitrogen and oxygen atoms in total. The first-order chi connectivity index (χ1) is 5.39. The molecule has 0 aromatic heterocycles. The maximum Gasteiger partial charge on any atom is 0.321 e. The van der Waals surface area contributed by atoms with Gasteiger partial charge in [0.25, 0.3) is 10.2 Å². The lowest BCUT2D eigenvalue weighted by molar-refractivity contribution is -0.138. The van der Waals surface area contributed by atoms with Crippen molar-refractivity contribution in [3.63, 3.8) is 0 Å². The summed E-state index contributed by atoms with van der Waals surface area (Å²) in [5, 5.41) is 8.27. The van der Waals surface area contributed by atoms with Gasteiger partial charge >= 0.3 is 5.97 Å². The molecule has 1 unspecified atom stereocenters. The van der Waals surface area contributed by atoms with E-state index in [2.05, 4.69) is 0 Å². The average Bonchev–Trinajstić information content (AvgIpc) is 2.00. The van der Waals surface area contributed by atoms with Crippen LogP contribution in [0.2, 0.25) is 0 Å². The van der Waals surface area contributed by atoms with Crippen molar-refractivity contribution in [3.8, 4) is 0 Å². The number of carbonyl (C=O) groups is 1. The predicted octanol–water partition coefficient (Wildman–Crippen LogP) is -2.55. The standard InChI is InChI=1S/C4H11N3O4S/c1-6-12(10,11)7-2-3(5)4(8)9/h3,6-7H,2,5H2,1H3,(H,8,9). The maximum absolute atomic E-state index is 10.7.